The molecule has 5 heteroatoms. The molecule has 0 spiro atoms. The number of fused-ring (bicyclic) bond motifs is 1. The number of halogens is 1. The Morgan fingerprint density at radius 1 is 1.10 bits per heavy atom. The highest BCUT2D eigenvalue weighted by Crippen LogP contribution is 2.28. The van der Waals surface area contributed by atoms with Crippen LogP contribution in [-0.4, -0.2) is 9.97 Å². The Morgan fingerprint density at radius 3 is 2.55 bits per heavy atom. The molecule has 0 saturated heterocycles. The van der Waals surface area contributed by atoms with Crippen LogP contribution in [0.3, 0.4) is 0 Å². The molecule has 2 N–H and O–H groups in total. The Balaban J connectivity index is 2.28. The van der Waals surface area contributed by atoms with Crippen LogP contribution in [0.1, 0.15) is 5.56 Å². The monoisotopic (exact) mass is 264 g/mol. The number of nitrogens with two attached hydrogens (primary N) is 1. The summed E-state index contributed by atoms with van der Waals surface area (Å²) in [7, 11) is 0. The third kappa shape index (κ3) is 1.84. The van der Waals surface area contributed by atoms with E-state index in [1.165, 1.54) is 12.3 Å². The van der Waals surface area contributed by atoms with Crippen LogP contribution in [0.5, 0.6) is 0 Å². The molecule has 0 fully saturated rings. The molecule has 3 rings (SSSR count). The van der Waals surface area contributed by atoms with E-state index in [0.29, 0.717) is 22.2 Å². The Hall–Kier alpha value is -3.00. The normalized spacial score (nSPS) is 10.4. The maximum atomic E-state index is 13.8. The van der Waals surface area contributed by atoms with Crippen LogP contribution >= 0.6 is 0 Å². The van der Waals surface area contributed by atoms with Crippen LogP contribution < -0.4 is 5.73 Å². The fourth-order valence-corrected chi connectivity index (χ4v) is 2.07. The molecule has 0 amide bonds. The van der Waals surface area contributed by atoms with E-state index in [1.54, 1.807) is 24.3 Å². The first kappa shape index (κ1) is 12.1. The number of hydrogen-bond donors (Lipinski definition) is 1. The summed E-state index contributed by atoms with van der Waals surface area (Å²) < 4.78 is 13.8. The third-order valence-electron chi connectivity index (χ3n) is 3.05. The second kappa shape index (κ2) is 4.59. The smallest absolute Gasteiger partial charge is 0.162 e. The van der Waals surface area contributed by atoms with E-state index in [1.807, 2.05) is 12.1 Å². The van der Waals surface area contributed by atoms with Gasteiger partial charge in [-0.15, -0.1) is 0 Å². The van der Waals surface area contributed by atoms with E-state index in [4.69, 9.17) is 11.0 Å². The number of nitrogens with zero attached hydrogens (tertiary/aromatic N) is 3. The molecular formula is C15H9FN4. The van der Waals surface area contributed by atoms with Gasteiger partial charge in [-0.1, -0.05) is 24.3 Å². The topological polar surface area (TPSA) is 75.6 Å². The molecular weight excluding hydrogens is 255 g/mol. The lowest BCUT2D eigenvalue weighted by Gasteiger charge is -2.07. The zero-order chi connectivity index (χ0) is 14.1. The molecule has 0 bridgehead atoms. The van der Waals surface area contributed by atoms with Crippen LogP contribution in [0.25, 0.3) is 22.2 Å². The molecule has 1 heterocycles. The highest BCUT2D eigenvalue weighted by Gasteiger charge is 2.11. The second-order valence-corrected chi connectivity index (χ2v) is 4.24. The predicted octanol–water partition coefficient (Wildman–Crippen LogP) is 2.89. The van der Waals surface area contributed by atoms with Crippen LogP contribution in [0, 0.1) is 17.1 Å². The zero-order valence-corrected chi connectivity index (χ0v) is 10.3. The Kier molecular flexibility index (Phi) is 2.77. The van der Waals surface area contributed by atoms with Crippen molar-refractivity contribution in [1.82, 2.24) is 9.97 Å². The van der Waals surface area contributed by atoms with Crippen LogP contribution in [0.15, 0.2) is 42.6 Å². The average Bonchev–Trinajstić information content (AvgIpc) is 2.48. The third-order valence-corrected chi connectivity index (χ3v) is 3.05. The first-order valence-electron chi connectivity index (χ1n) is 5.91. The molecule has 3 aromatic rings. The van der Waals surface area contributed by atoms with Gasteiger partial charge in [-0.3, -0.25) is 0 Å². The van der Waals surface area contributed by atoms with Gasteiger partial charge in [0.15, 0.2) is 5.82 Å². The summed E-state index contributed by atoms with van der Waals surface area (Å²) in [6, 6.07) is 12.0. The van der Waals surface area contributed by atoms with Crippen molar-refractivity contribution in [3.8, 4) is 17.5 Å². The van der Waals surface area contributed by atoms with E-state index in [0.717, 1.165) is 0 Å². The molecule has 0 aliphatic rings. The van der Waals surface area contributed by atoms with Gasteiger partial charge >= 0.3 is 0 Å². The minimum absolute atomic E-state index is 0.117. The van der Waals surface area contributed by atoms with Gasteiger partial charge in [-0.2, -0.15) is 5.26 Å². The molecule has 0 aliphatic heterocycles. The van der Waals surface area contributed by atoms with Gasteiger partial charge in [-0.05, 0) is 17.5 Å². The number of nitriles is 1. The van der Waals surface area contributed by atoms with Gasteiger partial charge < -0.3 is 5.73 Å². The standard InChI is InChI=1S/C15H9FN4/c16-13-6-5-12(10-3-1-2-4-11(10)13)15-19-8-9(7-17)14(18)20-15/h1-6,8H,(H2,18,19,20). The van der Waals surface area contributed by atoms with E-state index >= 15 is 0 Å². The Bertz CT molecular complexity index is 852. The fraction of sp³-hybridized carbons (Fsp3) is 0. The molecule has 0 unspecified atom stereocenters. The number of rotatable bonds is 1. The summed E-state index contributed by atoms with van der Waals surface area (Å²) >= 11 is 0. The zero-order valence-electron chi connectivity index (χ0n) is 10.3. The van der Waals surface area contributed by atoms with Crippen molar-refractivity contribution >= 4 is 16.6 Å². The number of nitrogen functional groups attached to an aromatic ring is 1. The summed E-state index contributed by atoms with van der Waals surface area (Å²) in [4.78, 5) is 8.24. The van der Waals surface area contributed by atoms with E-state index < -0.39 is 0 Å². The molecule has 0 saturated carbocycles. The summed E-state index contributed by atoms with van der Waals surface area (Å²) in [5.74, 6) is 0.189. The highest BCUT2D eigenvalue weighted by atomic mass is 19.1. The number of hydrogen-bond acceptors (Lipinski definition) is 4. The van der Waals surface area contributed by atoms with Crippen LogP contribution in [-0.2, 0) is 0 Å². The lowest BCUT2D eigenvalue weighted by Crippen LogP contribution is -1.99. The van der Waals surface area contributed by atoms with E-state index in [9.17, 15) is 4.39 Å². The Labute approximate surface area is 114 Å². The van der Waals surface area contributed by atoms with Crippen molar-refractivity contribution < 1.29 is 4.39 Å². The summed E-state index contributed by atoms with van der Waals surface area (Å²) in [5, 5.41) is 10.0. The molecule has 4 nitrogen and oxygen atoms in total. The lowest BCUT2D eigenvalue weighted by atomic mass is 10.0. The molecule has 0 radical (unpaired) electrons. The highest BCUT2D eigenvalue weighted by molar-refractivity contribution is 5.95. The van der Waals surface area contributed by atoms with Crippen molar-refractivity contribution in [3.05, 3.63) is 54.0 Å². The van der Waals surface area contributed by atoms with Crippen molar-refractivity contribution in [3.63, 3.8) is 0 Å². The maximum absolute atomic E-state index is 13.8. The Morgan fingerprint density at radius 2 is 1.85 bits per heavy atom. The maximum Gasteiger partial charge on any atom is 0.162 e. The van der Waals surface area contributed by atoms with Gasteiger partial charge in [-0.25, -0.2) is 14.4 Å². The average molecular weight is 264 g/mol. The largest absolute Gasteiger partial charge is 0.382 e. The second-order valence-electron chi connectivity index (χ2n) is 4.24. The molecule has 96 valence electrons. The van der Waals surface area contributed by atoms with Crippen LogP contribution in [0.4, 0.5) is 10.2 Å². The molecule has 0 aliphatic carbocycles. The minimum Gasteiger partial charge on any atom is -0.382 e. The summed E-state index contributed by atoms with van der Waals surface area (Å²) in [5.41, 5.74) is 6.60. The van der Waals surface area contributed by atoms with Gasteiger partial charge in [0.1, 0.15) is 23.3 Å². The first-order chi connectivity index (χ1) is 9.70. The molecule has 1 aromatic heterocycles. The molecule has 0 atom stereocenters. The van der Waals surface area contributed by atoms with Crippen molar-refractivity contribution in [2.45, 2.75) is 0 Å². The first-order valence-corrected chi connectivity index (χ1v) is 5.91. The van der Waals surface area contributed by atoms with Gasteiger partial charge in [0, 0.05) is 10.9 Å². The number of aromatic nitrogens is 2. The van der Waals surface area contributed by atoms with Gasteiger partial charge in [0.25, 0.3) is 0 Å². The van der Waals surface area contributed by atoms with Crippen molar-refractivity contribution in [2.24, 2.45) is 0 Å². The van der Waals surface area contributed by atoms with Crippen molar-refractivity contribution in [1.29, 1.82) is 5.26 Å². The van der Waals surface area contributed by atoms with E-state index in [2.05, 4.69) is 9.97 Å². The summed E-state index contributed by atoms with van der Waals surface area (Å²) in [6.07, 6.45) is 1.37. The molecule has 20 heavy (non-hydrogen) atoms. The molecule has 2 aromatic carbocycles. The van der Waals surface area contributed by atoms with Gasteiger partial charge in [0.05, 0.1) is 6.20 Å². The van der Waals surface area contributed by atoms with Crippen molar-refractivity contribution in [2.75, 3.05) is 5.73 Å². The summed E-state index contributed by atoms with van der Waals surface area (Å²) in [6.45, 7) is 0. The minimum atomic E-state index is -0.300. The van der Waals surface area contributed by atoms with E-state index in [-0.39, 0.29) is 17.2 Å². The lowest BCUT2D eigenvalue weighted by molar-refractivity contribution is 0.640. The quantitative estimate of drug-likeness (QED) is 0.733. The SMILES string of the molecule is N#Cc1cnc(-c2ccc(F)c3ccccc23)nc1N. The number of anilines is 1. The number of benzene rings is 2. The predicted molar refractivity (Wildman–Crippen MR) is 74.1 cm³/mol. The fourth-order valence-electron chi connectivity index (χ4n) is 2.07. The van der Waals surface area contributed by atoms with Crippen LogP contribution in [0.2, 0.25) is 0 Å². The van der Waals surface area contributed by atoms with Gasteiger partial charge in [0.2, 0.25) is 0 Å².